The molecule has 0 bridgehead atoms. The molecule has 14 heteroatoms. The van der Waals surface area contributed by atoms with Gasteiger partial charge in [-0.25, -0.2) is 0 Å². The molecule has 12 unspecified atom stereocenters. The number of hydrogen-bond donors (Lipinski definition) is 9. The maximum atomic E-state index is 13.3. The smallest absolute Gasteiger partial charge is 0.220 e. The van der Waals surface area contributed by atoms with Crippen LogP contribution in [0.25, 0.3) is 0 Å². The number of carbonyl (C=O) groups is 1. The fourth-order valence-electron chi connectivity index (χ4n) is 11.5. The number of carbonyl (C=O) groups excluding carboxylic acids is 1. The number of aliphatic hydroxyl groups excluding tert-OH is 8. The van der Waals surface area contributed by atoms with Crippen LogP contribution in [0.15, 0.2) is 12.2 Å². The second-order valence-electron chi connectivity index (χ2n) is 24.3. The van der Waals surface area contributed by atoms with Crippen LogP contribution in [0.2, 0.25) is 0 Å². The molecule has 2 aliphatic rings. The highest BCUT2D eigenvalue weighted by atomic mass is 16.7. The molecule has 2 saturated heterocycles. The predicted octanol–water partition coefficient (Wildman–Crippen LogP) is 13.0. The van der Waals surface area contributed by atoms with Crippen molar-refractivity contribution in [3.63, 3.8) is 0 Å². The summed E-state index contributed by atoms with van der Waals surface area (Å²) in [5.74, 6) is -0.200. The first-order chi connectivity index (χ1) is 39.1. The predicted molar refractivity (Wildman–Crippen MR) is 323 cm³/mol. The minimum atomic E-state index is -1.78. The molecular formula is C66H127NO13. The van der Waals surface area contributed by atoms with Gasteiger partial charge < -0.3 is 65.1 Å². The maximum Gasteiger partial charge on any atom is 0.220 e. The van der Waals surface area contributed by atoms with Crippen molar-refractivity contribution in [1.82, 2.24) is 5.32 Å². The van der Waals surface area contributed by atoms with E-state index >= 15 is 0 Å². The molecule has 0 aromatic carbocycles. The molecule has 2 heterocycles. The summed E-state index contributed by atoms with van der Waals surface area (Å²) >= 11 is 0. The quantitative estimate of drug-likeness (QED) is 0.0204. The molecule has 2 aliphatic heterocycles. The Kier molecular flexibility index (Phi) is 48.7. The van der Waals surface area contributed by atoms with E-state index in [9.17, 15) is 45.6 Å². The molecule has 0 saturated carbocycles. The number of hydrogen-bond acceptors (Lipinski definition) is 13. The molecule has 2 rings (SSSR count). The lowest BCUT2D eigenvalue weighted by molar-refractivity contribution is -0.359. The summed E-state index contributed by atoms with van der Waals surface area (Å²) in [5, 5.41) is 87.5. The molecule has 14 nitrogen and oxygen atoms in total. The normalized spacial score (nSPS) is 24.2. The van der Waals surface area contributed by atoms with Gasteiger partial charge in [0.1, 0.15) is 48.8 Å². The van der Waals surface area contributed by atoms with Crippen LogP contribution >= 0.6 is 0 Å². The molecule has 2 fully saturated rings. The van der Waals surface area contributed by atoms with Gasteiger partial charge in [0.25, 0.3) is 0 Å². The van der Waals surface area contributed by atoms with Crippen LogP contribution in [0.5, 0.6) is 0 Å². The van der Waals surface area contributed by atoms with E-state index in [0.29, 0.717) is 12.8 Å². The molecule has 1 amide bonds. The molecule has 0 aromatic rings. The minimum Gasteiger partial charge on any atom is -0.394 e. The minimum absolute atomic E-state index is 0.200. The van der Waals surface area contributed by atoms with Gasteiger partial charge in [-0.05, 0) is 38.5 Å². The van der Waals surface area contributed by atoms with Crippen LogP contribution in [0, 0.1) is 0 Å². The number of allylic oxidation sites excluding steroid dienone is 2. The first-order valence-electron chi connectivity index (χ1n) is 33.9. The van der Waals surface area contributed by atoms with E-state index in [1.54, 1.807) is 0 Å². The first kappa shape index (κ1) is 74.8. The molecule has 80 heavy (non-hydrogen) atoms. The standard InChI is InChI=1S/C66H127NO13/c1-3-5-7-9-11-13-15-17-19-21-22-23-24-25-26-27-28-29-30-31-32-34-36-38-40-42-44-46-48-50-58(71)67-54(55(70)49-47-45-43-41-39-37-35-33-20-18-16-14-12-10-8-6-4-2)53-77-65-63(76)61(74)64(57(52-69)79-65)80-66-62(75)60(73)59(72)56(51-68)78-66/h21-22,54-57,59-66,68-70,72-76H,3-20,23-53H2,1-2H3,(H,67,71)/b22-21-. The molecule has 474 valence electrons. The number of amides is 1. The van der Waals surface area contributed by atoms with E-state index in [1.165, 1.54) is 231 Å². The summed E-state index contributed by atoms with van der Waals surface area (Å²) in [4.78, 5) is 13.3. The van der Waals surface area contributed by atoms with E-state index in [-0.39, 0.29) is 12.5 Å². The van der Waals surface area contributed by atoms with Gasteiger partial charge in [-0.15, -0.1) is 0 Å². The van der Waals surface area contributed by atoms with Crippen LogP contribution in [-0.2, 0) is 23.7 Å². The average molecular weight is 1140 g/mol. The van der Waals surface area contributed by atoms with Gasteiger partial charge in [-0.1, -0.05) is 276 Å². The van der Waals surface area contributed by atoms with Crippen LogP contribution in [-0.4, -0.2) is 140 Å². The Morgan fingerprint density at radius 3 is 1.19 bits per heavy atom. The molecule has 9 N–H and O–H groups in total. The Labute approximate surface area is 488 Å². The summed E-state index contributed by atoms with van der Waals surface area (Å²) in [5.41, 5.74) is 0. The van der Waals surface area contributed by atoms with Crippen molar-refractivity contribution in [3.8, 4) is 0 Å². The van der Waals surface area contributed by atoms with Gasteiger partial charge in [0.2, 0.25) is 5.91 Å². The Hall–Kier alpha value is -1.27. The van der Waals surface area contributed by atoms with Crippen LogP contribution in [0.3, 0.4) is 0 Å². The molecule has 0 aromatic heterocycles. The highest BCUT2D eigenvalue weighted by molar-refractivity contribution is 5.76. The fourth-order valence-corrected chi connectivity index (χ4v) is 11.5. The van der Waals surface area contributed by atoms with E-state index in [0.717, 1.165) is 51.4 Å². The number of nitrogens with one attached hydrogen (secondary N) is 1. The third-order valence-corrected chi connectivity index (χ3v) is 17.0. The van der Waals surface area contributed by atoms with Gasteiger partial charge in [0, 0.05) is 6.42 Å². The highest BCUT2D eigenvalue weighted by Gasteiger charge is 2.51. The summed E-state index contributed by atoms with van der Waals surface area (Å²) in [6.45, 7) is 2.91. The number of aliphatic hydroxyl groups is 8. The van der Waals surface area contributed by atoms with Gasteiger partial charge >= 0.3 is 0 Å². The molecule has 0 spiro atoms. The van der Waals surface area contributed by atoms with Crippen LogP contribution < -0.4 is 5.32 Å². The molecule has 0 aliphatic carbocycles. The summed E-state index contributed by atoms with van der Waals surface area (Å²) in [6.07, 6.45) is 45.1. The van der Waals surface area contributed by atoms with E-state index < -0.39 is 86.8 Å². The fraction of sp³-hybridized carbons (Fsp3) is 0.955. The average Bonchev–Trinajstić information content (AvgIpc) is 3.46. The van der Waals surface area contributed by atoms with E-state index in [4.69, 9.17) is 18.9 Å². The second-order valence-corrected chi connectivity index (χ2v) is 24.3. The van der Waals surface area contributed by atoms with E-state index in [2.05, 4.69) is 31.3 Å². The Balaban J connectivity index is 1.65. The summed E-state index contributed by atoms with van der Waals surface area (Å²) < 4.78 is 22.9. The highest BCUT2D eigenvalue weighted by Crippen LogP contribution is 2.30. The number of unbranched alkanes of at least 4 members (excludes halogenated alkanes) is 41. The first-order valence-corrected chi connectivity index (χ1v) is 33.9. The monoisotopic (exact) mass is 1140 g/mol. The Morgan fingerprint density at radius 2 is 0.787 bits per heavy atom. The zero-order chi connectivity index (χ0) is 58.1. The zero-order valence-corrected chi connectivity index (χ0v) is 51.4. The van der Waals surface area contributed by atoms with Gasteiger partial charge in [0.15, 0.2) is 12.6 Å². The van der Waals surface area contributed by atoms with Crippen molar-refractivity contribution in [2.75, 3.05) is 19.8 Å². The Bertz CT molecular complexity index is 1390. The lowest BCUT2D eigenvalue weighted by Gasteiger charge is -2.46. The zero-order valence-electron chi connectivity index (χ0n) is 51.4. The molecule has 0 radical (unpaired) electrons. The van der Waals surface area contributed by atoms with Crippen molar-refractivity contribution in [3.05, 3.63) is 12.2 Å². The number of rotatable bonds is 56. The van der Waals surface area contributed by atoms with Crippen molar-refractivity contribution < 1.29 is 64.6 Å². The van der Waals surface area contributed by atoms with Crippen LogP contribution in [0.1, 0.15) is 309 Å². The lowest BCUT2D eigenvalue weighted by atomic mass is 9.97. The SMILES string of the molecule is CCCCCCCCCC/C=C\CCCCCCCCCCCCCCCCCCCC(=O)NC(COC1OC(CO)C(OC2OC(CO)C(O)C(O)C2O)C(O)C1O)C(O)CCCCCCCCCCCCCCCCCCC. The van der Waals surface area contributed by atoms with Gasteiger partial charge in [-0.3, -0.25) is 4.79 Å². The van der Waals surface area contributed by atoms with Crippen molar-refractivity contribution >= 4 is 5.91 Å². The van der Waals surface area contributed by atoms with Crippen molar-refractivity contribution in [2.24, 2.45) is 0 Å². The van der Waals surface area contributed by atoms with Gasteiger partial charge in [0.05, 0.1) is 32.0 Å². The van der Waals surface area contributed by atoms with Gasteiger partial charge in [-0.2, -0.15) is 0 Å². The van der Waals surface area contributed by atoms with Crippen molar-refractivity contribution in [1.29, 1.82) is 0 Å². The second kappa shape index (κ2) is 52.1. The summed E-state index contributed by atoms with van der Waals surface area (Å²) in [7, 11) is 0. The molecular weight excluding hydrogens is 1010 g/mol. The molecule has 12 atom stereocenters. The lowest BCUT2D eigenvalue weighted by Crippen LogP contribution is -2.65. The largest absolute Gasteiger partial charge is 0.394 e. The maximum absolute atomic E-state index is 13.3. The van der Waals surface area contributed by atoms with E-state index in [1.807, 2.05) is 0 Å². The third-order valence-electron chi connectivity index (χ3n) is 17.0. The topological polar surface area (TPSA) is 228 Å². The van der Waals surface area contributed by atoms with Crippen molar-refractivity contribution in [2.45, 2.75) is 383 Å². The van der Waals surface area contributed by atoms with Crippen LogP contribution in [0.4, 0.5) is 0 Å². The third kappa shape index (κ3) is 36.5. The summed E-state index contributed by atoms with van der Waals surface area (Å²) in [6, 6.07) is -0.825. The Morgan fingerprint density at radius 1 is 0.438 bits per heavy atom. The number of ether oxygens (including phenoxy) is 4.